The van der Waals surface area contributed by atoms with Gasteiger partial charge in [-0.1, -0.05) is 41.6 Å². The summed E-state index contributed by atoms with van der Waals surface area (Å²) in [7, 11) is 0. The van der Waals surface area contributed by atoms with Crippen LogP contribution in [0, 0.1) is 11.7 Å². The molecule has 0 saturated carbocycles. The summed E-state index contributed by atoms with van der Waals surface area (Å²) in [6.45, 7) is 1.93. The standard InChI is InChI=1S/C21H21FN2O4/c22-19-18(28-24-20(19)21(25)23-10-15-7-8-26-12-15)13-27-11-14-5-6-16-3-1-2-4-17(16)9-14/h1-6,9,15H,7-8,10-13H2,(H,23,25). The summed E-state index contributed by atoms with van der Waals surface area (Å²) < 4.78 is 30.2. The van der Waals surface area contributed by atoms with Crippen molar-refractivity contribution in [3.05, 3.63) is 65.3 Å². The normalized spacial score (nSPS) is 16.5. The predicted octanol–water partition coefficient (Wildman–Crippen LogP) is 3.45. The average Bonchev–Trinajstić information content (AvgIpc) is 3.36. The molecule has 146 valence electrons. The van der Waals surface area contributed by atoms with Crippen molar-refractivity contribution in [2.24, 2.45) is 5.92 Å². The van der Waals surface area contributed by atoms with Gasteiger partial charge in [0.05, 0.1) is 13.2 Å². The Morgan fingerprint density at radius 2 is 2.07 bits per heavy atom. The molecule has 4 rings (SSSR count). The third kappa shape index (κ3) is 4.21. The fourth-order valence-corrected chi connectivity index (χ4v) is 3.20. The zero-order valence-corrected chi connectivity index (χ0v) is 15.3. The van der Waals surface area contributed by atoms with Crippen molar-refractivity contribution in [1.82, 2.24) is 10.5 Å². The van der Waals surface area contributed by atoms with Gasteiger partial charge in [0, 0.05) is 19.1 Å². The van der Waals surface area contributed by atoms with Gasteiger partial charge in [-0.05, 0) is 28.8 Å². The molecule has 0 bridgehead atoms. The summed E-state index contributed by atoms with van der Waals surface area (Å²) in [6, 6.07) is 14.0. The number of benzene rings is 2. The van der Waals surface area contributed by atoms with E-state index in [-0.39, 0.29) is 24.0 Å². The second kappa shape index (κ2) is 8.50. The number of aromatic nitrogens is 1. The molecule has 6 nitrogen and oxygen atoms in total. The molecule has 2 aromatic carbocycles. The number of hydrogen-bond acceptors (Lipinski definition) is 5. The third-order valence-corrected chi connectivity index (χ3v) is 4.81. The Hall–Kier alpha value is -2.77. The average molecular weight is 384 g/mol. The first kappa shape index (κ1) is 18.6. The molecule has 1 aliphatic rings. The maximum absolute atomic E-state index is 14.4. The molecular formula is C21H21FN2O4. The highest BCUT2D eigenvalue weighted by Gasteiger charge is 2.24. The van der Waals surface area contributed by atoms with Crippen molar-refractivity contribution in [2.45, 2.75) is 19.6 Å². The Morgan fingerprint density at radius 1 is 1.21 bits per heavy atom. The van der Waals surface area contributed by atoms with E-state index in [4.69, 9.17) is 14.0 Å². The number of ether oxygens (including phenoxy) is 2. The summed E-state index contributed by atoms with van der Waals surface area (Å²) in [6.07, 6.45) is 0.884. The lowest BCUT2D eigenvalue weighted by Gasteiger charge is -2.07. The highest BCUT2D eigenvalue weighted by atomic mass is 19.1. The zero-order chi connectivity index (χ0) is 19.3. The summed E-state index contributed by atoms with van der Waals surface area (Å²) >= 11 is 0. The molecule has 0 spiro atoms. The van der Waals surface area contributed by atoms with Gasteiger partial charge in [-0.15, -0.1) is 0 Å². The minimum atomic E-state index is -0.779. The van der Waals surface area contributed by atoms with Crippen LogP contribution in [-0.4, -0.2) is 30.8 Å². The fourth-order valence-electron chi connectivity index (χ4n) is 3.20. The predicted molar refractivity (Wildman–Crippen MR) is 100 cm³/mol. The van der Waals surface area contributed by atoms with Crippen molar-refractivity contribution < 1.29 is 23.2 Å². The SMILES string of the molecule is O=C(NCC1CCOC1)c1noc(COCc2ccc3ccccc3c2)c1F. The van der Waals surface area contributed by atoms with E-state index in [1.807, 2.05) is 42.5 Å². The van der Waals surface area contributed by atoms with E-state index >= 15 is 0 Å². The molecule has 28 heavy (non-hydrogen) atoms. The lowest BCUT2D eigenvalue weighted by molar-refractivity contribution is 0.0853. The Morgan fingerprint density at radius 3 is 2.89 bits per heavy atom. The molecule has 1 amide bonds. The molecule has 0 radical (unpaired) electrons. The van der Waals surface area contributed by atoms with Crippen molar-refractivity contribution >= 4 is 16.7 Å². The molecule has 2 heterocycles. The number of carbonyl (C=O) groups excluding carboxylic acids is 1. The first-order valence-corrected chi connectivity index (χ1v) is 9.26. The molecule has 7 heteroatoms. The van der Waals surface area contributed by atoms with Crippen LogP contribution in [-0.2, 0) is 22.7 Å². The number of rotatable bonds is 7. The number of nitrogens with zero attached hydrogens (tertiary/aromatic N) is 1. The van der Waals surface area contributed by atoms with E-state index in [2.05, 4.69) is 10.5 Å². The van der Waals surface area contributed by atoms with E-state index < -0.39 is 11.7 Å². The zero-order valence-electron chi connectivity index (χ0n) is 15.3. The third-order valence-electron chi connectivity index (χ3n) is 4.81. The molecule has 1 N–H and O–H groups in total. The van der Waals surface area contributed by atoms with Crippen LogP contribution in [0.2, 0.25) is 0 Å². The van der Waals surface area contributed by atoms with Crippen LogP contribution in [0.4, 0.5) is 4.39 Å². The first-order chi connectivity index (χ1) is 13.7. The fraction of sp³-hybridized carbons (Fsp3) is 0.333. The topological polar surface area (TPSA) is 73.6 Å². The Balaban J connectivity index is 1.31. The second-order valence-electron chi connectivity index (χ2n) is 6.88. The molecule has 1 saturated heterocycles. The largest absolute Gasteiger partial charge is 0.381 e. The van der Waals surface area contributed by atoms with E-state index in [0.29, 0.717) is 26.4 Å². The number of amides is 1. The molecule has 1 fully saturated rings. The summed E-state index contributed by atoms with van der Waals surface area (Å²) in [4.78, 5) is 12.1. The van der Waals surface area contributed by atoms with Crippen LogP contribution >= 0.6 is 0 Å². The molecule has 1 atom stereocenters. The van der Waals surface area contributed by atoms with Crippen LogP contribution in [0.15, 0.2) is 47.0 Å². The van der Waals surface area contributed by atoms with Gasteiger partial charge < -0.3 is 19.3 Å². The number of halogens is 1. The maximum Gasteiger partial charge on any atom is 0.276 e. The number of fused-ring (bicyclic) bond motifs is 1. The van der Waals surface area contributed by atoms with E-state index in [1.54, 1.807) is 0 Å². The lowest BCUT2D eigenvalue weighted by atomic mass is 10.1. The Kier molecular flexibility index (Phi) is 5.64. The molecule has 3 aromatic rings. The summed E-state index contributed by atoms with van der Waals surface area (Å²) in [5.41, 5.74) is 0.624. The van der Waals surface area contributed by atoms with Gasteiger partial charge >= 0.3 is 0 Å². The Labute approximate surface area is 161 Å². The molecular weight excluding hydrogens is 363 g/mol. The molecule has 0 aliphatic carbocycles. The van der Waals surface area contributed by atoms with Gasteiger partial charge in [-0.25, -0.2) is 4.39 Å². The summed E-state index contributed by atoms with van der Waals surface area (Å²) in [5, 5.41) is 8.48. The van der Waals surface area contributed by atoms with Crippen molar-refractivity contribution in [1.29, 1.82) is 0 Å². The smallest absolute Gasteiger partial charge is 0.276 e. The lowest BCUT2D eigenvalue weighted by Crippen LogP contribution is -2.30. The minimum absolute atomic E-state index is 0.0878. The van der Waals surface area contributed by atoms with Gasteiger partial charge in [-0.2, -0.15) is 0 Å². The van der Waals surface area contributed by atoms with E-state index in [1.165, 1.54) is 0 Å². The monoisotopic (exact) mass is 384 g/mol. The van der Waals surface area contributed by atoms with Crippen molar-refractivity contribution in [2.75, 3.05) is 19.8 Å². The van der Waals surface area contributed by atoms with Crippen molar-refractivity contribution in [3.8, 4) is 0 Å². The van der Waals surface area contributed by atoms with Gasteiger partial charge in [0.1, 0.15) is 6.61 Å². The number of carbonyl (C=O) groups is 1. The molecule has 1 aromatic heterocycles. The molecule has 1 aliphatic heterocycles. The van der Waals surface area contributed by atoms with E-state index in [0.717, 1.165) is 22.8 Å². The Bertz CT molecular complexity index is 966. The highest BCUT2D eigenvalue weighted by molar-refractivity contribution is 5.92. The van der Waals surface area contributed by atoms with Gasteiger partial charge in [0.15, 0.2) is 5.76 Å². The number of nitrogens with one attached hydrogen (secondary N) is 1. The van der Waals surface area contributed by atoms with Crippen LogP contribution in [0.25, 0.3) is 10.8 Å². The second-order valence-corrected chi connectivity index (χ2v) is 6.88. The van der Waals surface area contributed by atoms with Crippen LogP contribution < -0.4 is 5.32 Å². The molecule has 1 unspecified atom stereocenters. The number of hydrogen-bond donors (Lipinski definition) is 1. The van der Waals surface area contributed by atoms with E-state index in [9.17, 15) is 9.18 Å². The first-order valence-electron chi connectivity index (χ1n) is 9.26. The van der Waals surface area contributed by atoms with Gasteiger partial charge in [-0.3, -0.25) is 4.79 Å². The van der Waals surface area contributed by atoms with Gasteiger partial charge in [0.2, 0.25) is 11.5 Å². The summed E-state index contributed by atoms with van der Waals surface area (Å²) in [5.74, 6) is -1.20. The maximum atomic E-state index is 14.4. The van der Waals surface area contributed by atoms with Crippen LogP contribution in [0.5, 0.6) is 0 Å². The quantitative estimate of drug-likeness (QED) is 0.675. The highest BCUT2D eigenvalue weighted by Crippen LogP contribution is 2.18. The van der Waals surface area contributed by atoms with Crippen LogP contribution in [0.3, 0.4) is 0 Å². The van der Waals surface area contributed by atoms with Crippen molar-refractivity contribution in [3.63, 3.8) is 0 Å². The minimum Gasteiger partial charge on any atom is -0.381 e. The van der Waals surface area contributed by atoms with Gasteiger partial charge in [0.25, 0.3) is 5.91 Å². The van der Waals surface area contributed by atoms with Crippen LogP contribution in [0.1, 0.15) is 28.2 Å².